The lowest BCUT2D eigenvalue weighted by Gasteiger charge is -1.99. The Labute approximate surface area is 54.5 Å². The molecule has 0 radical (unpaired) electrons. The van der Waals surface area contributed by atoms with Gasteiger partial charge in [-0.1, -0.05) is 0 Å². The molecule has 0 saturated heterocycles. The first kappa shape index (κ1) is 6.33. The molecule has 0 fully saturated rings. The van der Waals surface area contributed by atoms with Gasteiger partial charge < -0.3 is 4.74 Å². The maximum absolute atomic E-state index is 10.6. The van der Waals surface area contributed by atoms with Crippen LogP contribution in [-0.2, 0) is 9.53 Å². The minimum Gasteiger partial charge on any atom is -0.498 e. The van der Waals surface area contributed by atoms with E-state index in [1.54, 1.807) is 0 Å². The van der Waals surface area contributed by atoms with Crippen LogP contribution in [0.2, 0.25) is 0 Å². The Balaban J connectivity index is 2.36. The monoisotopic (exact) mass is 126 g/mol. The van der Waals surface area contributed by atoms with Crippen molar-refractivity contribution in [2.24, 2.45) is 0 Å². The second-order valence-corrected chi connectivity index (χ2v) is 2.02. The molecule has 9 heavy (non-hydrogen) atoms. The molecule has 1 aliphatic rings. The quantitative estimate of drug-likeness (QED) is 0.557. The fourth-order valence-electron chi connectivity index (χ4n) is 0.862. The first-order chi connectivity index (χ1) is 4.33. The van der Waals surface area contributed by atoms with Crippen molar-refractivity contribution in [2.45, 2.75) is 19.8 Å². The highest BCUT2D eigenvalue weighted by molar-refractivity contribution is 5.84. The van der Waals surface area contributed by atoms with Gasteiger partial charge in [0.15, 0.2) is 0 Å². The first-order valence-electron chi connectivity index (χ1n) is 3.16. The molecule has 0 unspecified atom stereocenters. The average Bonchev–Trinajstić information content (AvgIpc) is 2.17. The van der Waals surface area contributed by atoms with E-state index in [0.29, 0.717) is 19.4 Å². The molecule has 2 heteroatoms. The average molecular weight is 126 g/mol. The fraction of sp³-hybridized carbons (Fsp3) is 0.571. The van der Waals surface area contributed by atoms with Crippen molar-refractivity contribution in [1.29, 1.82) is 0 Å². The molecule has 0 aromatic heterocycles. The van der Waals surface area contributed by atoms with Gasteiger partial charge in [0.05, 0.1) is 18.8 Å². The van der Waals surface area contributed by atoms with Crippen molar-refractivity contribution >= 4 is 5.78 Å². The fourth-order valence-corrected chi connectivity index (χ4v) is 0.862. The molecular weight excluding hydrogens is 116 g/mol. The van der Waals surface area contributed by atoms with Crippen molar-refractivity contribution in [3.63, 3.8) is 0 Å². The summed E-state index contributed by atoms with van der Waals surface area (Å²) < 4.78 is 5.11. The molecule has 0 amide bonds. The molecule has 0 N–H and O–H groups in total. The molecule has 0 aliphatic heterocycles. The Morgan fingerprint density at radius 1 is 1.78 bits per heavy atom. The van der Waals surface area contributed by atoms with Crippen molar-refractivity contribution in [3.05, 3.63) is 11.8 Å². The summed E-state index contributed by atoms with van der Waals surface area (Å²) in [5.41, 5.74) is 0. The van der Waals surface area contributed by atoms with Crippen LogP contribution in [0.5, 0.6) is 0 Å². The maximum atomic E-state index is 10.6. The minimum atomic E-state index is 0.262. The van der Waals surface area contributed by atoms with Gasteiger partial charge in [-0.2, -0.15) is 0 Å². The number of carbonyl (C=O) groups is 1. The van der Waals surface area contributed by atoms with Crippen LogP contribution in [0.4, 0.5) is 0 Å². The second-order valence-electron chi connectivity index (χ2n) is 2.02. The normalized spacial score (nSPS) is 17.9. The molecule has 50 valence electrons. The Kier molecular flexibility index (Phi) is 1.88. The van der Waals surface area contributed by atoms with Crippen molar-refractivity contribution in [1.82, 2.24) is 0 Å². The van der Waals surface area contributed by atoms with Crippen molar-refractivity contribution in [2.75, 3.05) is 6.61 Å². The van der Waals surface area contributed by atoms with Gasteiger partial charge in [0.2, 0.25) is 0 Å². The summed E-state index contributed by atoms with van der Waals surface area (Å²) in [6.07, 6.45) is 2.93. The number of ketones is 1. The molecule has 0 saturated carbocycles. The van der Waals surface area contributed by atoms with E-state index in [4.69, 9.17) is 4.74 Å². The van der Waals surface area contributed by atoms with Gasteiger partial charge in [0, 0.05) is 6.42 Å². The third-order valence-corrected chi connectivity index (χ3v) is 1.26. The predicted molar refractivity (Wildman–Crippen MR) is 33.9 cm³/mol. The van der Waals surface area contributed by atoms with Crippen molar-refractivity contribution < 1.29 is 9.53 Å². The molecular formula is C7H10O2. The predicted octanol–water partition coefficient (Wildman–Crippen LogP) is 1.27. The maximum Gasteiger partial charge on any atom is 0.144 e. The highest BCUT2D eigenvalue weighted by atomic mass is 16.5. The van der Waals surface area contributed by atoms with Crippen LogP contribution in [0.15, 0.2) is 11.8 Å². The molecule has 0 aromatic rings. The molecule has 0 heterocycles. The molecule has 2 nitrogen and oxygen atoms in total. The second kappa shape index (κ2) is 2.67. The first-order valence-corrected chi connectivity index (χ1v) is 3.16. The molecule has 1 aliphatic carbocycles. The van der Waals surface area contributed by atoms with E-state index in [9.17, 15) is 4.79 Å². The van der Waals surface area contributed by atoms with E-state index in [1.165, 1.54) is 0 Å². The lowest BCUT2D eigenvalue weighted by atomic mass is 10.3. The van der Waals surface area contributed by atoms with E-state index in [2.05, 4.69) is 0 Å². The van der Waals surface area contributed by atoms with Crippen LogP contribution in [0.1, 0.15) is 19.8 Å². The standard InChI is InChI=1S/C7H10O2/c1-2-9-7-4-3-6(8)5-7/h4H,2-3,5H2,1H3. The number of Topliss-reactive ketones (excluding diaryl/α,β-unsaturated/α-hetero) is 1. The summed E-state index contributed by atoms with van der Waals surface area (Å²) in [5, 5.41) is 0. The van der Waals surface area contributed by atoms with Crippen LogP contribution < -0.4 is 0 Å². The van der Waals surface area contributed by atoms with Crippen LogP contribution in [0.25, 0.3) is 0 Å². The van der Waals surface area contributed by atoms with E-state index in [1.807, 2.05) is 13.0 Å². The van der Waals surface area contributed by atoms with E-state index >= 15 is 0 Å². The Morgan fingerprint density at radius 3 is 3.00 bits per heavy atom. The van der Waals surface area contributed by atoms with Gasteiger partial charge in [0.1, 0.15) is 5.78 Å². The lowest BCUT2D eigenvalue weighted by molar-refractivity contribution is -0.117. The van der Waals surface area contributed by atoms with Crippen molar-refractivity contribution in [3.8, 4) is 0 Å². The van der Waals surface area contributed by atoms with Gasteiger partial charge >= 0.3 is 0 Å². The number of allylic oxidation sites excluding steroid dienone is 2. The Bertz CT molecular complexity index is 147. The summed E-state index contributed by atoms with van der Waals surface area (Å²) in [5.74, 6) is 1.11. The van der Waals surface area contributed by atoms with Crippen LogP contribution >= 0.6 is 0 Å². The number of carbonyl (C=O) groups excluding carboxylic acids is 1. The molecule has 0 aromatic carbocycles. The van der Waals surface area contributed by atoms with Crippen LogP contribution in [-0.4, -0.2) is 12.4 Å². The van der Waals surface area contributed by atoms with Gasteiger partial charge in [0.25, 0.3) is 0 Å². The lowest BCUT2D eigenvalue weighted by Crippen LogP contribution is -1.92. The Hall–Kier alpha value is -0.790. The summed E-state index contributed by atoms with van der Waals surface area (Å²) in [7, 11) is 0. The third-order valence-electron chi connectivity index (χ3n) is 1.26. The zero-order valence-electron chi connectivity index (χ0n) is 5.52. The van der Waals surface area contributed by atoms with E-state index in [-0.39, 0.29) is 5.78 Å². The van der Waals surface area contributed by atoms with Gasteiger partial charge in [-0.3, -0.25) is 4.79 Å². The van der Waals surface area contributed by atoms with Gasteiger partial charge in [-0.05, 0) is 13.0 Å². The summed E-state index contributed by atoms with van der Waals surface area (Å²) in [6.45, 7) is 2.59. The highest BCUT2D eigenvalue weighted by Gasteiger charge is 2.12. The minimum absolute atomic E-state index is 0.262. The van der Waals surface area contributed by atoms with Crippen LogP contribution in [0, 0.1) is 0 Å². The van der Waals surface area contributed by atoms with E-state index < -0.39 is 0 Å². The summed E-state index contributed by atoms with van der Waals surface area (Å²) in [6, 6.07) is 0. The van der Waals surface area contributed by atoms with Gasteiger partial charge in [-0.15, -0.1) is 0 Å². The van der Waals surface area contributed by atoms with Crippen LogP contribution in [0.3, 0.4) is 0 Å². The highest BCUT2D eigenvalue weighted by Crippen LogP contribution is 2.14. The number of hydrogen-bond donors (Lipinski definition) is 0. The summed E-state index contributed by atoms with van der Waals surface area (Å²) >= 11 is 0. The molecule has 1 rings (SSSR count). The summed E-state index contributed by atoms with van der Waals surface area (Å²) in [4.78, 5) is 10.6. The molecule has 0 bridgehead atoms. The third kappa shape index (κ3) is 1.56. The molecule has 0 spiro atoms. The largest absolute Gasteiger partial charge is 0.498 e. The van der Waals surface area contributed by atoms with E-state index in [0.717, 1.165) is 5.76 Å². The van der Waals surface area contributed by atoms with Gasteiger partial charge in [-0.25, -0.2) is 0 Å². The SMILES string of the molecule is CCOC1=CCC(=O)C1. The number of hydrogen-bond acceptors (Lipinski definition) is 2. The Morgan fingerprint density at radius 2 is 2.56 bits per heavy atom. The molecule has 0 atom stereocenters. The zero-order chi connectivity index (χ0) is 6.69. The topological polar surface area (TPSA) is 26.3 Å². The number of rotatable bonds is 2. The smallest absolute Gasteiger partial charge is 0.144 e. The number of ether oxygens (including phenoxy) is 1. The zero-order valence-corrected chi connectivity index (χ0v) is 5.52.